The van der Waals surface area contributed by atoms with Crippen LogP contribution < -0.4 is 0 Å². The molecule has 0 radical (unpaired) electrons. The highest BCUT2D eigenvalue weighted by molar-refractivity contribution is 5.33. The molecule has 0 fully saturated rings. The summed E-state index contributed by atoms with van der Waals surface area (Å²) in [6.45, 7) is 12.8. The fourth-order valence-electron chi connectivity index (χ4n) is 2.04. The standard InChI is InChI=1S/C14H26N2O/c1-9(2)7-12-14(17)13(8-10(3)4)16(15-12)11(5)6/h9-11,17H,7-8H2,1-6H3. The Morgan fingerprint density at radius 3 is 1.94 bits per heavy atom. The Balaban J connectivity index is 3.11. The van der Waals surface area contributed by atoms with Gasteiger partial charge in [-0.2, -0.15) is 5.10 Å². The first kappa shape index (κ1) is 14.1. The van der Waals surface area contributed by atoms with Crippen molar-refractivity contribution in [3.63, 3.8) is 0 Å². The van der Waals surface area contributed by atoms with Gasteiger partial charge in [-0.1, -0.05) is 27.7 Å². The molecule has 3 nitrogen and oxygen atoms in total. The molecule has 0 saturated heterocycles. The summed E-state index contributed by atoms with van der Waals surface area (Å²) < 4.78 is 1.98. The second-order valence-corrected chi connectivity index (χ2v) is 5.98. The summed E-state index contributed by atoms with van der Waals surface area (Å²) in [5.74, 6) is 1.46. The molecule has 0 atom stereocenters. The topological polar surface area (TPSA) is 38.0 Å². The number of rotatable bonds is 5. The highest BCUT2D eigenvalue weighted by Gasteiger charge is 2.19. The van der Waals surface area contributed by atoms with Crippen molar-refractivity contribution in [3.05, 3.63) is 11.4 Å². The van der Waals surface area contributed by atoms with Crippen LogP contribution in [0.2, 0.25) is 0 Å². The van der Waals surface area contributed by atoms with Crippen molar-refractivity contribution in [1.29, 1.82) is 0 Å². The van der Waals surface area contributed by atoms with E-state index in [4.69, 9.17) is 0 Å². The quantitative estimate of drug-likeness (QED) is 0.851. The minimum Gasteiger partial charge on any atom is -0.504 e. The van der Waals surface area contributed by atoms with Crippen LogP contribution in [0.3, 0.4) is 0 Å². The lowest BCUT2D eigenvalue weighted by Crippen LogP contribution is -2.10. The van der Waals surface area contributed by atoms with Crippen molar-refractivity contribution < 1.29 is 5.11 Å². The molecule has 1 heterocycles. The predicted octanol–water partition coefficient (Wildman–Crippen LogP) is 3.57. The molecule has 0 unspecified atom stereocenters. The molecule has 0 bridgehead atoms. The minimum atomic E-state index is 0.301. The first-order chi connectivity index (χ1) is 7.82. The summed E-state index contributed by atoms with van der Waals surface area (Å²) >= 11 is 0. The van der Waals surface area contributed by atoms with Gasteiger partial charge in [0, 0.05) is 6.04 Å². The molecule has 1 aromatic heterocycles. The van der Waals surface area contributed by atoms with Crippen LogP contribution >= 0.6 is 0 Å². The van der Waals surface area contributed by atoms with Crippen molar-refractivity contribution in [2.45, 2.75) is 60.4 Å². The molecule has 0 saturated carbocycles. The second kappa shape index (κ2) is 5.56. The average molecular weight is 238 g/mol. The van der Waals surface area contributed by atoms with Crippen LogP contribution in [0.4, 0.5) is 0 Å². The predicted molar refractivity (Wildman–Crippen MR) is 71.4 cm³/mol. The Hall–Kier alpha value is -0.990. The van der Waals surface area contributed by atoms with Crippen molar-refractivity contribution in [2.75, 3.05) is 0 Å². The van der Waals surface area contributed by atoms with Gasteiger partial charge in [0.1, 0.15) is 5.69 Å². The lowest BCUT2D eigenvalue weighted by atomic mass is 10.0. The fraction of sp³-hybridized carbons (Fsp3) is 0.786. The van der Waals surface area contributed by atoms with E-state index in [-0.39, 0.29) is 0 Å². The summed E-state index contributed by atoms with van der Waals surface area (Å²) in [5, 5.41) is 14.8. The van der Waals surface area contributed by atoms with Gasteiger partial charge in [-0.25, -0.2) is 0 Å². The van der Waals surface area contributed by atoms with Gasteiger partial charge in [-0.15, -0.1) is 0 Å². The zero-order valence-electron chi connectivity index (χ0n) is 12.0. The Kier molecular flexibility index (Phi) is 4.61. The lowest BCUT2D eigenvalue weighted by molar-refractivity contribution is 0.439. The molecule has 3 heteroatoms. The van der Waals surface area contributed by atoms with Gasteiger partial charge in [0.05, 0.1) is 5.69 Å². The van der Waals surface area contributed by atoms with Crippen molar-refractivity contribution in [1.82, 2.24) is 9.78 Å². The van der Waals surface area contributed by atoms with E-state index in [2.05, 4.69) is 46.6 Å². The molecule has 0 spiro atoms. The van der Waals surface area contributed by atoms with Gasteiger partial charge in [-0.05, 0) is 38.5 Å². The Morgan fingerprint density at radius 2 is 1.53 bits per heavy atom. The second-order valence-electron chi connectivity index (χ2n) is 5.98. The lowest BCUT2D eigenvalue weighted by Gasteiger charge is -2.12. The molecule has 0 aromatic carbocycles. The normalized spacial score (nSPS) is 12.1. The van der Waals surface area contributed by atoms with Gasteiger partial charge in [0.15, 0.2) is 5.75 Å². The Morgan fingerprint density at radius 1 is 1.00 bits per heavy atom. The van der Waals surface area contributed by atoms with Crippen LogP contribution in [-0.2, 0) is 12.8 Å². The minimum absolute atomic E-state index is 0.301. The molecule has 1 N–H and O–H groups in total. The number of aromatic nitrogens is 2. The highest BCUT2D eigenvalue weighted by atomic mass is 16.3. The zero-order chi connectivity index (χ0) is 13.2. The summed E-state index contributed by atoms with van der Waals surface area (Å²) in [5.41, 5.74) is 1.84. The fourth-order valence-corrected chi connectivity index (χ4v) is 2.04. The maximum absolute atomic E-state index is 10.3. The number of aromatic hydroxyl groups is 1. The Labute approximate surface area is 105 Å². The summed E-state index contributed by atoms with van der Waals surface area (Å²) in [6.07, 6.45) is 1.73. The van der Waals surface area contributed by atoms with E-state index >= 15 is 0 Å². The number of hydrogen-bond acceptors (Lipinski definition) is 2. The highest BCUT2D eigenvalue weighted by Crippen LogP contribution is 2.28. The third kappa shape index (κ3) is 3.48. The van der Waals surface area contributed by atoms with Crippen LogP contribution in [0.1, 0.15) is 59.0 Å². The molecular formula is C14H26N2O. The van der Waals surface area contributed by atoms with E-state index in [1.54, 1.807) is 0 Å². The van der Waals surface area contributed by atoms with Crippen LogP contribution in [0.25, 0.3) is 0 Å². The summed E-state index contributed by atoms with van der Waals surface area (Å²) in [7, 11) is 0. The molecule has 1 rings (SSSR count). The van der Waals surface area contributed by atoms with Crippen molar-refractivity contribution in [3.8, 4) is 5.75 Å². The van der Waals surface area contributed by atoms with Crippen LogP contribution in [-0.4, -0.2) is 14.9 Å². The molecule has 0 aliphatic carbocycles. The van der Waals surface area contributed by atoms with Gasteiger partial charge in [-0.3, -0.25) is 4.68 Å². The smallest absolute Gasteiger partial charge is 0.160 e. The van der Waals surface area contributed by atoms with Gasteiger partial charge >= 0.3 is 0 Å². The van der Waals surface area contributed by atoms with Crippen LogP contribution in [0.5, 0.6) is 5.75 Å². The average Bonchev–Trinajstić information content (AvgIpc) is 2.45. The zero-order valence-corrected chi connectivity index (χ0v) is 12.0. The maximum Gasteiger partial charge on any atom is 0.160 e. The van der Waals surface area contributed by atoms with E-state index in [1.807, 2.05) is 4.68 Å². The summed E-state index contributed by atoms with van der Waals surface area (Å²) in [4.78, 5) is 0. The molecular weight excluding hydrogens is 212 g/mol. The first-order valence-corrected chi connectivity index (χ1v) is 6.62. The molecule has 0 amide bonds. The number of hydrogen-bond donors (Lipinski definition) is 1. The first-order valence-electron chi connectivity index (χ1n) is 6.62. The van der Waals surface area contributed by atoms with Crippen LogP contribution in [0, 0.1) is 11.8 Å². The van der Waals surface area contributed by atoms with E-state index in [0.717, 1.165) is 24.2 Å². The monoisotopic (exact) mass is 238 g/mol. The molecule has 17 heavy (non-hydrogen) atoms. The van der Waals surface area contributed by atoms with Crippen molar-refractivity contribution >= 4 is 0 Å². The number of nitrogens with zero attached hydrogens (tertiary/aromatic N) is 2. The largest absolute Gasteiger partial charge is 0.504 e. The van der Waals surface area contributed by atoms with Gasteiger partial charge in [0.2, 0.25) is 0 Å². The SMILES string of the molecule is CC(C)Cc1nn(C(C)C)c(CC(C)C)c1O. The third-order valence-corrected chi connectivity index (χ3v) is 2.74. The summed E-state index contributed by atoms with van der Waals surface area (Å²) in [6, 6.07) is 0.301. The van der Waals surface area contributed by atoms with Crippen LogP contribution in [0.15, 0.2) is 0 Å². The third-order valence-electron chi connectivity index (χ3n) is 2.74. The van der Waals surface area contributed by atoms with Gasteiger partial charge in [0.25, 0.3) is 0 Å². The maximum atomic E-state index is 10.3. The molecule has 98 valence electrons. The van der Waals surface area contributed by atoms with E-state index in [9.17, 15) is 5.11 Å². The van der Waals surface area contributed by atoms with E-state index in [1.165, 1.54) is 0 Å². The molecule has 0 aliphatic heterocycles. The van der Waals surface area contributed by atoms with E-state index in [0.29, 0.717) is 23.6 Å². The van der Waals surface area contributed by atoms with Gasteiger partial charge < -0.3 is 5.11 Å². The van der Waals surface area contributed by atoms with E-state index < -0.39 is 0 Å². The van der Waals surface area contributed by atoms with Crippen molar-refractivity contribution in [2.24, 2.45) is 11.8 Å². The molecule has 0 aliphatic rings. The molecule has 1 aromatic rings. The Bertz CT molecular complexity index is 365.